The van der Waals surface area contributed by atoms with E-state index in [0.29, 0.717) is 22.1 Å². The molecule has 0 spiro atoms. The van der Waals surface area contributed by atoms with Gasteiger partial charge < -0.3 is 14.8 Å². The molecule has 1 aliphatic carbocycles. The van der Waals surface area contributed by atoms with Crippen molar-refractivity contribution in [3.63, 3.8) is 0 Å². The van der Waals surface area contributed by atoms with Crippen LogP contribution in [-0.4, -0.2) is 19.1 Å². The van der Waals surface area contributed by atoms with Gasteiger partial charge in [-0.15, -0.1) is 0 Å². The summed E-state index contributed by atoms with van der Waals surface area (Å²) < 4.78 is 11.2. The Morgan fingerprint density at radius 3 is 2.64 bits per heavy atom. The number of methoxy groups -OCH3 is 1. The van der Waals surface area contributed by atoms with E-state index in [0.717, 1.165) is 18.4 Å². The number of hydrogen-bond donors (Lipinski definition) is 1. The summed E-state index contributed by atoms with van der Waals surface area (Å²) in [5.41, 5.74) is 1.42. The minimum Gasteiger partial charge on any atom is -0.496 e. The average Bonchev–Trinajstić information content (AvgIpc) is 3.13. The standard InChI is InChI=1S/C20H22ClNO3/c1-24-18-11-10-14(20(23)22-16-6-2-3-7-16)12-15(18)13-25-19-9-5-4-8-17(19)21/h4-5,8-12,16H,2-3,6-7,13H2,1H3,(H,22,23). The molecule has 25 heavy (non-hydrogen) atoms. The Labute approximate surface area is 153 Å². The Hall–Kier alpha value is -2.20. The maximum atomic E-state index is 12.5. The SMILES string of the molecule is COc1ccc(C(=O)NC2CCCC2)cc1COc1ccccc1Cl. The molecule has 132 valence electrons. The number of para-hydroxylation sites is 1. The summed E-state index contributed by atoms with van der Waals surface area (Å²) in [6.45, 7) is 0.275. The third-order valence-electron chi connectivity index (χ3n) is 4.45. The quantitative estimate of drug-likeness (QED) is 0.819. The van der Waals surface area contributed by atoms with Gasteiger partial charge in [-0.1, -0.05) is 36.6 Å². The van der Waals surface area contributed by atoms with E-state index >= 15 is 0 Å². The number of hydrogen-bond acceptors (Lipinski definition) is 3. The second kappa shape index (κ2) is 8.26. The van der Waals surface area contributed by atoms with Crippen molar-refractivity contribution in [2.75, 3.05) is 7.11 Å². The molecule has 3 rings (SSSR count). The first-order chi connectivity index (χ1) is 12.2. The molecule has 0 aromatic heterocycles. The van der Waals surface area contributed by atoms with Crippen molar-refractivity contribution in [1.29, 1.82) is 0 Å². The van der Waals surface area contributed by atoms with Crippen LogP contribution < -0.4 is 14.8 Å². The van der Waals surface area contributed by atoms with E-state index in [1.54, 1.807) is 25.3 Å². The molecule has 0 atom stereocenters. The molecule has 1 fully saturated rings. The van der Waals surface area contributed by atoms with Gasteiger partial charge in [0.15, 0.2) is 0 Å². The van der Waals surface area contributed by atoms with E-state index in [1.807, 2.05) is 24.3 Å². The van der Waals surface area contributed by atoms with Crippen molar-refractivity contribution in [2.45, 2.75) is 38.3 Å². The van der Waals surface area contributed by atoms with Gasteiger partial charge in [-0.2, -0.15) is 0 Å². The van der Waals surface area contributed by atoms with E-state index in [2.05, 4.69) is 5.32 Å². The molecular weight excluding hydrogens is 338 g/mol. The summed E-state index contributed by atoms with van der Waals surface area (Å²) in [5, 5.41) is 3.65. The van der Waals surface area contributed by atoms with Crippen LogP contribution in [0.2, 0.25) is 5.02 Å². The first-order valence-electron chi connectivity index (χ1n) is 8.52. The van der Waals surface area contributed by atoms with Crippen LogP contribution in [0.5, 0.6) is 11.5 Å². The summed E-state index contributed by atoms with van der Waals surface area (Å²) in [6.07, 6.45) is 4.49. The van der Waals surface area contributed by atoms with Crippen LogP contribution in [0.4, 0.5) is 0 Å². The normalized spacial score (nSPS) is 14.3. The number of ether oxygens (including phenoxy) is 2. The molecule has 2 aromatic rings. The monoisotopic (exact) mass is 359 g/mol. The van der Waals surface area contributed by atoms with Crippen LogP contribution in [0.1, 0.15) is 41.6 Å². The Bertz CT molecular complexity index is 741. The Morgan fingerprint density at radius 2 is 1.92 bits per heavy atom. The molecule has 1 saturated carbocycles. The molecule has 0 saturated heterocycles. The van der Waals surface area contributed by atoms with Crippen molar-refractivity contribution in [3.8, 4) is 11.5 Å². The average molecular weight is 360 g/mol. The zero-order chi connectivity index (χ0) is 17.6. The highest BCUT2D eigenvalue weighted by atomic mass is 35.5. The number of carbonyl (C=O) groups is 1. The summed E-state index contributed by atoms with van der Waals surface area (Å²) in [4.78, 5) is 12.5. The zero-order valence-electron chi connectivity index (χ0n) is 14.3. The molecule has 0 radical (unpaired) electrons. The maximum absolute atomic E-state index is 12.5. The molecule has 1 N–H and O–H groups in total. The topological polar surface area (TPSA) is 47.6 Å². The Morgan fingerprint density at radius 1 is 1.16 bits per heavy atom. The van der Waals surface area contributed by atoms with Crippen LogP contribution in [0.3, 0.4) is 0 Å². The van der Waals surface area contributed by atoms with Crippen LogP contribution >= 0.6 is 11.6 Å². The van der Waals surface area contributed by atoms with Gasteiger partial charge in [0.05, 0.1) is 12.1 Å². The van der Waals surface area contributed by atoms with E-state index in [1.165, 1.54) is 12.8 Å². The van der Waals surface area contributed by atoms with Gasteiger partial charge in [-0.3, -0.25) is 4.79 Å². The second-order valence-electron chi connectivity index (χ2n) is 6.20. The zero-order valence-corrected chi connectivity index (χ0v) is 15.0. The highest BCUT2D eigenvalue weighted by molar-refractivity contribution is 6.32. The number of nitrogens with one attached hydrogen (secondary N) is 1. The van der Waals surface area contributed by atoms with Crippen LogP contribution in [0, 0.1) is 0 Å². The number of carbonyl (C=O) groups excluding carboxylic acids is 1. The van der Waals surface area contributed by atoms with Gasteiger partial charge in [0.2, 0.25) is 0 Å². The molecule has 4 nitrogen and oxygen atoms in total. The third-order valence-corrected chi connectivity index (χ3v) is 4.77. The largest absolute Gasteiger partial charge is 0.496 e. The minimum absolute atomic E-state index is 0.0476. The van der Waals surface area contributed by atoms with Crippen molar-refractivity contribution in [1.82, 2.24) is 5.32 Å². The van der Waals surface area contributed by atoms with Crippen molar-refractivity contribution in [2.24, 2.45) is 0 Å². The molecule has 1 aliphatic rings. The molecule has 0 aliphatic heterocycles. The van der Waals surface area contributed by atoms with Gasteiger partial charge >= 0.3 is 0 Å². The first-order valence-corrected chi connectivity index (χ1v) is 8.90. The molecule has 0 unspecified atom stereocenters. The Kier molecular flexibility index (Phi) is 5.82. The minimum atomic E-state index is -0.0476. The molecule has 1 amide bonds. The molecule has 0 heterocycles. The van der Waals surface area contributed by atoms with Gasteiger partial charge in [0, 0.05) is 17.2 Å². The van der Waals surface area contributed by atoms with E-state index < -0.39 is 0 Å². The summed E-state index contributed by atoms with van der Waals surface area (Å²) in [6, 6.07) is 13.0. The predicted molar refractivity (Wildman–Crippen MR) is 98.5 cm³/mol. The fraction of sp³-hybridized carbons (Fsp3) is 0.350. The summed E-state index contributed by atoms with van der Waals surface area (Å²) >= 11 is 6.12. The number of amides is 1. The number of benzene rings is 2. The smallest absolute Gasteiger partial charge is 0.251 e. The fourth-order valence-corrected chi connectivity index (χ4v) is 3.28. The van der Waals surface area contributed by atoms with Gasteiger partial charge in [-0.25, -0.2) is 0 Å². The fourth-order valence-electron chi connectivity index (χ4n) is 3.09. The lowest BCUT2D eigenvalue weighted by molar-refractivity contribution is 0.0937. The summed E-state index contributed by atoms with van der Waals surface area (Å²) in [7, 11) is 1.60. The van der Waals surface area contributed by atoms with Gasteiger partial charge in [0.1, 0.15) is 18.1 Å². The van der Waals surface area contributed by atoms with Crippen molar-refractivity contribution in [3.05, 3.63) is 58.6 Å². The molecule has 5 heteroatoms. The lowest BCUT2D eigenvalue weighted by atomic mass is 10.1. The lowest BCUT2D eigenvalue weighted by Crippen LogP contribution is -2.32. The van der Waals surface area contributed by atoms with Crippen LogP contribution in [0.15, 0.2) is 42.5 Å². The molecule has 2 aromatic carbocycles. The van der Waals surface area contributed by atoms with Crippen LogP contribution in [-0.2, 0) is 6.61 Å². The number of halogens is 1. The van der Waals surface area contributed by atoms with Gasteiger partial charge in [0.25, 0.3) is 5.91 Å². The number of rotatable bonds is 6. The highest BCUT2D eigenvalue weighted by Gasteiger charge is 2.19. The van der Waals surface area contributed by atoms with Crippen molar-refractivity contribution < 1.29 is 14.3 Å². The highest BCUT2D eigenvalue weighted by Crippen LogP contribution is 2.27. The first kappa shape index (κ1) is 17.6. The lowest BCUT2D eigenvalue weighted by Gasteiger charge is -2.15. The Balaban J connectivity index is 1.73. The maximum Gasteiger partial charge on any atom is 0.251 e. The van der Waals surface area contributed by atoms with Gasteiger partial charge in [-0.05, 0) is 43.2 Å². The van der Waals surface area contributed by atoms with E-state index in [-0.39, 0.29) is 18.6 Å². The van der Waals surface area contributed by atoms with E-state index in [9.17, 15) is 4.79 Å². The summed E-state index contributed by atoms with van der Waals surface area (Å²) in [5.74, 6) is 1.24. The third kappa shape index (κ3) is 4.45. The van der Waals surface area contributed by atoms with E-state index in [4.69, 9.17) is 21.1 Å². The molecule has 0 bridgehead atoms. The predicted octanol–water partition coefficient (Wildman–Crippen LogP) is 4.60. The van der Waals surface area contributed by atoms with Crippen LogP contribution in [0.25, 0.3) is 0 Å². The molecular formula is C20H22ClNO3. The second-order valence-corrected chi connectivity index (χ2v) is 6.61. The van der Waals surface area contributed by atoms with Crippen molar-refractivity contribution >= 4 is 17.5 Å².